The highest BCUT2D eigenvalue weighted by atomic mass is 32.1. The molecule has 2 aromatic heterocycles. The maximum absolute atomic E-state index is 12.2. The van der Waals surface area contributed by atoms with Gasteiger partial charge >= 0.3 is 11.7 Å². The van der Waals surface area contributed by atoms with Crippen LogP contribution in [0, 0.1) is 0 Å². The highest BCUT2D eigenvalue weighted by Gasteiger charge is 2.18. The van der Waals surface area contributed by atoms with Crippen molar-refractivity contribution in [1.82, 2.24) is 9.55 Å². The van der Waals surface area contributed by atoms with E-state index in [2.05, 4.69) is 4.98 Å². The molecule has 0 aliphatic rings. The fourth-order valence-corrected chi connectivity index (χ4v) is 3.14. The van der Waals surface area contributed by atoms with Crippen molar-refractivity contribution in [3.63, 3.8) is 0 Å². The summed E-state index contributed by atoms with van der Waals surface area (Å²) in [5, 5.41) is 11.1. The maximum atomic E-state index is 12.2. The molecule has 102 valence electrons. The van der Waals surface area contributed by atoms with Gasteiger partial charge < -0.3 is 10.1 Å². The molecule has 0 saturated carbocycles. The number of H-pyrrole nitrogens is 1. The highest BCUT2D eigenvalue weighted by molar-refractivity contribution is 7.10. The van der Waals surface area contributed by atoms with Crippen LogP contribution in [0.5, 0.6) is 0 Å². The van der Waals surface area contributed by atoms with Gasteiger partial charge in [-0.15, -0.1) is 11.3 Å². The lowest BCUT2D eigenvalue weighted by molar-refractivity contribution is 0.0699. The Morgan fingerprint density at radius 1 is 1.35 bits per heavy atom. The molecule has 5 nitrogen and oxygen atoms in total. The second-order valence-corrected chi connectivity index (χ2v) is 5.48. The molecule has 1 aromatic carbocycles. The molecule has 1 unspecified atom stereocenters. The predicted molar refractivity (Wildman–Crippen MR) is 77.7 cm³/mol. The van der Waals surface area contributed by atoms with E-state index in [0.29, 0.717) is 11.0 Å². The van der Waals surface area contributed by atoms with Crippen LogP contribution in [0.15, 0.2) is 40.5 Å². The van der Waals surface area contributed by atoms with E-state index in [1.165, 1.54) is 6.07 Å². The number of aromatic carboxylic acids is 1. The van der Waals surface area contributed by atoms with E-state index in [-0.39, 0.29) is 17.3 Å². The summed E-state index contributed by atoms with van der Waals surface area (Å²) in [5.41, 5.74) is 0.788. The highest BCUT2D eigenvalue weighted by Crippen LogP contribution is 2.25. The lowest BCUT2D eigenvalue weighted by Crippen LogP contribution is -2.20. The Kier molecular flexibility index (Phi) is 2.94. The Bertz CT molecular complexity index is 830. The van der Waals surface area contributed by atoms with Gasteiger partial charge in [0.15, 0.2) is 0 Å². The standard InChI is InChI=1S/C14H12N2O3S/c1-8(11-6-3-7-20-11)16-10-5-2-4-9(13(17)18)12(10)15-14(16)19/h2-8H,1H3,(H,15,19)(H,17,18). The van der Waals surface area contributed by atoms with E-state index < -0.39 is 5.97 Å². The Balaban J connectivity index is 2.27. The number of fused-ring (bicyclic) bond motifs is 1. The molecular formula is C14H12N2O3S. The minimum atomic E-state index is -1.05. The zero-order valence-electron chi connectivity index (χ0n) is 10.7. The number of aromatic amines is 1. The van der Waals surface area contributed by atoms with Crippen LogP contribution < -0.4 is 5.69 Å². The van der Waals surface area contributed by atoms with Gasteiger partial charge in [0.25, 0.3) is 0 Å². The first-order valence-electron chi connectivity index (χ1n) is 6.09. The van der Waals surface area contributed by atoms with Gasteiger partial charge in [-0.1, -0.05) is 12.1 Å². The average molecular weight is 288 g/mol. The van der Waals surface area contributed by atoms with E-state index in [0.717, 1.165) is 4.88 Å². The molecular weight excluding hydrogens is 276 g/mol. The van der Waals surface area contributed by atoms with Crippen molar-refractivity contribution >= 4 is 28.3 Å². The van der Waals surface area contributed by atoms with Crippen LogP contribution in [0.4, 0.5) is 0 Å². The third-order valence-electron chi connectivity index (χ3n) is 3.33. The quantitative estimate of drug-likeness (QED) is 0.778. The molecule has 0 aliphatic carbocycles. The number of carboxylic acid groups (broad SMARTS) is 1. The van der Waals surface area contributed by atoms with Crippen LogP contribution in [0.25, 0.3) is 11.0 Å². The fraction of sp³-hybridized carbons (Fsp3) is 0.143. The van der Waals surface area contributed by atoms with Crippen molar-refractivity contribution in [2.24, 2.45) is 0 Å². The molecule has 0 fully saturated rings. The molecule has 0 bridgehead atoms. The third kappa shape index (κ3) is 1.85. The van der Waals surface area contributed by atoms with E-state index in [1.807, 2.05) is 24.4 Å². The van der Waals surface area contributed by atoms with Gasteiger partial charge in [-0.05, 0) is 30.5 Å². The number of benzene rings is 1. The molecule has 1 atom stereocenters. The van der Waals surface area contributed by atoms with Crippen LogP contribution in [0.2, 0.25) is 0 Å². The SMILES string of the molecule is CC(c1cccs1)n1c(=O)[nH]c2c(C(=O)O)cccc21. The van der Waals surface area contributed by atoms with E-state index >= 15 is 0 Å². The van der Waals surface area contributed by atoms with Gasteiger partial charge in [0.05, 0.1) is 22.6 Å². The lowest BCUT2D eigenvalue weighted by Gasteiger charge is -2.11. The van der Waals surface area contributed by atoms with Gasteiger partial charge in [-0.2, -0.15) is 0 Å². The number of hydrogen-bond acceptors (Lipinski definition) is 3. The topological polar surface area (TPSA) is 75.1 Å². The van der Waals surface area contributed by atoms with E-state index in [9.17, 15) is 14.7 Å². The average Bonchev–Trinajstić information content (AvgIpc) is 3.03. The summed E-state index contributed by atoms with van der Waals surface area (Å²) in [6, 6.07) is 8.64. The molecule has 0 radical (unpaired) electrons. The first-order chi connectivity index (χ1) is 9.59. The Hall–Kier alpha value is -2.34. The van der Waals surface area contributed by atoms with Crippen molar-refractivity contribution in [2.45, 2.75) is 13.0 Å². The molecule has 0 spiro atoms. The molecule has 0 aliphatic heterocycles. The van der Waals surface area contributed by atoms with Gasteiger partial charge in [0, 0.05) is 4.88 Å². The van der Waals surface area contributed by atoms with Gasteiger partial charge in [-0.25, -0.2) is 9.59 Å². The summed E-state index contributed by atoms with van der Waals surface area (Å²) < 4.78 is 1.59. The maximum Gasteiger partial charge on any atom is 0.337 e. The zero-order chi connectivity index (χ0) is 14.3. The second-order valence-electron chi connectivity index (χ2n) is 4.50. The number of thiophene rings is 1. The number of nitrogens with zero attached hydrogens (tertiary/aromatic N) is 1. The summed E-state index contributed by atoms with van der Waals surface area (Å²) in [7, 11) is 0. The smallest absolute Gasteiger partial charge is 0.337 e. The molecule has 3 rings (SSSR count). The number of aromatic nitrogens is 2. The van der Waals surface area contributed by atoms with Crippen LogP contribution in [-0.2, 0) is 0 Å². The molecule has 6 heteroatoms. The first kappa shape index (κ1) is 12.7. The summed E-state index contributed by atoms with van der Waals surface area (Å²) in [6.45, 7) is 1.92. The zero-order valence-corrected chi connectivity index (χ0v) is 11.5. The van der Waals surface area contributed by atoms with Crippen molar-refractivity contribution in [2.75, 3.05) is 0 Å². The lowest BCUT2D eigenvalue weighted by atomic mass is 10.1. The van der Waals surface area contributed by atoms with Gasteiger partial charge in [0.2, 0.25) is 0 Å². The Labute approximate surface area is 118 Å². The fourth-order valence-electron chi connectivity index (χ4n) is 2.37. The number of hydrogen-bond donors (Lipinski definition) is 2. The van der Waals surface area contributed by atoms with Crippen molar-refractivity contribution in [1.29, 1.82) is 0 Å². The molecule has 2 heterocycles. The molecule has 20 heavy (non-hydrogen) atoms. The summed E-state index contributed by atoms with van der Waals surface area (Å²) >= 11 is 1.57. The molecule has 2 N–H and O–H groups in total. The van der Waals surface area contributed by atoms with Crippen LogP contribution in [0.3, 0.4) is 0 Å². The minimum Gasteiger partial charge on any atom is -0.478 e. The number of para-hydroxylation sites is 1. The summed E-state index contributed by atoms with van der Waals surface area (Å²) in [4.78, 5) is 27.1. The van der Waals surface area contributed by atoms with Crippen molar-refractivity contribution in [3.8, 4) is 0 Å². The first-order valence-corrected chi connectivity index (χ1v) is 6.97. The van der Waals surface area contributed by atoms with Crippen LogP contribution >= 0.6 is 11.3 Å². The second kappa shape index (κ2) is 4.64. The van der Waals surface area contributed by atoms with Crippen molar-refractivity contribution < 1.29 is 9.90 Å². The van der Waals surface area contributed by atoms with E-state index in [1.54, 1.807) is 28.0 Å². The van der Waals surface area contributed by atoms with Gasteiger partial charge in [-0.3, -0.25) is 4.57 Å². The van der Waals surface area contributed by atoms with E-state index in [4.69, 9.17) is 0 Å². The third-order valence-corrected chi connectivity index (χ3v) is 4.37. The normalized spacial score (nSPS) is 12.7. The number of nitrogens with one attached hydrogen (secondary N) is 1. The van der Waals surface area contributed by atoms with Gasteiger partial charge in [0.1, 0.15) is 0 Å². The number of imidazole rings is 1. The Morgan fingerprint density at radius 2 is 2.15 bits per heavy atom. The molecule has 0 saturated heterocycles. The number of rotatable bonds is 3. The summed E-state index contributed by atoms with van der Waals surface area (Å²) in [5.74, 6) is -1.05. The number of carbonyl (C=O) groups is 1. The minimum absolute atomic E-state index is 0.108. The van der Waals surface area contributed by atoms with Crippen molar-refractivity contribution in [3.05, 3.63) is 56.6 Å². The summed E-state index contributed by atoms with van der Waals surface area (Å²) in [6.07, 6.45) is 0. The predicted octanol–water partition coefficient (Wildman–Crippen LogP) is 2.70. The van der Waals surface area contributed by atoms with Crippen LogP contribution in [-0.4, -0.2) is 20.6 Å². The Morgan fingerprint density at radius 3 is 2.80 bits per heavy atom. The number of carboxylic acids is 1. The van der Waals surface area contributed by atoms with Crippen LogP contribution in [0.1, 0.15) is 28.2 Å². The molecule has 0 amide bonds. The largest absolute Gasteiger partial charge is 0.478 e. The molecule has 3 aromatic rings. The monoisotopic (exact) mass is 288 g/mol.